The van der Waals surface area contributed by atoms with Crippen LogP contribution in [0, 0.1) is 13.8 Å². The van der Waals surface area contributed by atoms with Crippen molar-refractivity contribution in [1.29, 1.82) is 0 Å². The maximum atomic E-state index is 10.3. The third-order valence-corrected chi connectivity index (χ3v) is 5.79. The van der Waals surface area contributed by atoms with Crippen LogP contribution in [-0.4, -0.2) is 65.1 Å². The highest BCUT2D eigenvalue weighted by atomic mass is 16.5. The normalized spacial score (nSPS) is 23.3. The van der Waals surface area contributed by atoms with Crippen molar-refractivity contribution in [3.05, 3.63) is 35.4 Å². The molecular formula is C21H28N4O2. The average molecular weight is 368 g/mol. The van der Waals surface area contributed by atoms with E-state index in [1.165, 1.54) is 0 Å². The summed E-state index contributed by atoms with van der Waals surface area (Å²) in [5, 5.41) is 19.3. The summed E-state index contributed by atoms with van der Waals surface area (Å²) < 4.78 is 6.03. The van der Waals surface area contributed by atoms with Crippen LogP contribution in [-0.2, 0) is 4.74 Å². The number of hydrogen-bond acceptors (Lipinski definition) is 6. The van der Waals surface area contributed by atoms with Gasteiger partial charge in [-0.05, 0) is 56.1 Å². The number of hydrogen-bond donors (Lipinski definition) is 1. The summed E-state index contributed by atoms with van der Waals surface area (Å²) >= 11 is 0. The third kappa shape index (κ3) is 3.51. The molecule has 27 heavy (non-hydrogen) atoms. The Morgan fingerprint density at radius 1 is 1.19 bits per heavy atom. The minimum absolute atomic E-state index is 0.248. The van der Waals surface area contributed by atoms with E-state index in [0.717, 1.165) is 67.4 Å². The minimum atomic E-state index is 0.248. The lowest BCUT2D eigenvalue weighted by Gasteiger charge is -2.47. The molecule has 2 saturated heterocycles. The second kappa shape index (κ2) is 7.44. The zero-order valence-corrected chi connectivity index (χ0v) is 16.4. The molecule has 6 heteroatoms. The number of rotatable bonds is 3. The summed E-state index contributed by atoms with van der Waals surface area (Å²) in [6, 6.07) is 8.07. The Morgan fingerprint density at radius 3 is 2.78 bits per heavy atom. The van der Waals surface area contributed by atoms with Crippen molar-refractivity contribution >= 4 is 5.82 Å². The molecule has 1 N–H and O–H groups in total. The first-order chi connectivity index (χ1) is 13.1. The number of aromatic hydroxyl groups is 1. The summed E-state index contributed by atoms with van der Waals surface area (Å²) in [5.41, 5.74) is 3.51. The number of phenols is 1. The molecule has 1 aromatic heterocycles. The Bertz CT molecular complexity index is 826. The van der Waals surface area contributed by atoms with E-state index < -0.39 is 0 Å². The van der Waals surface area contributed by atoms with Gasteiger partial charge in [0.2, 0.25) is 0 Å². The van der Waals surface area contributed by atoms with Gasteiger partial charge in [0, 0.05) is 25.2 Å². The van der Waals surface area contributed by atoms with Gasteiger partial charge in [-0.2, -0.15) is 0 Å². The van der Waals surface area contributed by atoms with E-state index in [1.54, 1.807) is 6.07 Å². The Kier molecular flexibility index (Phi) is 5.02. The highest BCUT2D eigenvalue weighted by molar-refractivity contribution is 5.70. The van der Waals surface area contributed by atoms with Gasteiger partial charge in [0.05, 0.1) is 24.4 Å². The van der Waals surface area contributed by atoms with Gasteiger partial charge in [-0.15, -0.1) is 10.2 Å². The highest BCUT2D eigenvalue weighted by Crippen LogP contribution is 2.33. The van der Waals surface area contributed by atoms with E-state index in [4.69, 9.17) is 4.74 Å². The number of likely N-dealkylation sites (tertiary alicyclic amines) is 1. The summed E-state index contributed by atoms with van der Waals surface area (Å²) in [7, 11) is 0. The van der Waals surface area contributed by atoms with Gasteiger partial charge < -0.3 is 19.6 Å². The lowest BCUT2D eigenvalue weighted by Crippen LogP contribution is -2.60. The van der Waals surface area contributed by atoms with Crippen LogP contribution in [0.5, 0.6) is 5.75 Å². The topological polar surface area (TPSA) is 61.7 Å². The van der Waals surface area contributed by atoms with Crippen molar-refractivity contribution in [2.45, 2.75) is 39.3 Å². The molecule has 0 saturated carbocycles. The first kappa shape index (κ1) is 18.2. The average Bonchev–Trinajstić information content (AvgIpc) is 2.67. The second-order valence-electron chi connectivity index (χ2n) is 7.61. The molecule has 0 amide bonds. The molecule has 1 aromatic carbocycles. The van der Waals surface area contributed by atoms with Crippen LogP contribution in [0.15, 0.2) is 24.3 Å². The molecule has 2 fully saturated rings. The number of fused-ring (bicyclic) bond motifs is 1. The number of aromatic nitrogens is 2. The maximum absolute atomic E-state index is 10.3. The van der Waals surface area contributed by atoms with Crippen LogP contribution in [0.2, 0.25) is 0 Å². The maximum Gasteiger partial charge on any atom is 0.152 e. The second-order valence-corrected chi connectivity index (χ2v) is 7.61. The molecule has 0 spiro atoms. The molecule has 144 valence electrons. The van der Waals surface area contributed by atoms with Crippen LogP contribution in [0.3, 0.4) is 0 Å². The molecule has 2 aliphatic heterocycles. The number of likely N-dealkylation sites (N-methyl/N-ethyl adjacent to an activating group) is 1. The molecule has 3 heterocycles. The Balaban J connectivity index is 1.63. The third-order valence-electron chi connectivity index (χ3n) is 5.79. The summed E-state index contributed by atoms with van der Waals surface area (Å²) in [5.74, 6) is 1.15. The first-order valence-corrected chi connectivity index (χ1v) is 9.81. The van der Waals surface area contributed by atoms with E-state index in [0.29, 0.717) is 6.04 Å². The fourth-order valence-electron chi connectivity index (χ4n) is 4.23. The van der Waals surface area contributed by atoms with E-state index in [1.807, 2.05) is 26.0 Å². The zero-order chi connectivity index (χ0) is 19.0. The molecule has 0 aliphatic carbocycles. The summed E-state index contributed by atoms with van der Waals surface area (Å²) in [4.78, 5) is 4.83. The molecule has 2 aliphatic rings. The van der Waals surface area contributed by atoms with Crippen LogP contribution in [0.1, 0.15) is 24.5 Å². The van der Waals surface area contributed by atoms with E-state index in [-0.39, 0.29) is 11.9 Å². The largest absolute Gasteiger partial charge is 0.507 e. The Morgan fingerprint density at radius 2 is 2.04 bits per heavy atom. The fraction of sp³-hybridized carbons (Fsp3) is 0.524. The van der Waals surface area contributed by atoms with E-state index >= 15 is 0 Å². The fourth-order valence-corrected chi connectivity index (χ4v) is 4.23. The van der Waals surface area contributed by atoms with Gasteiger partial charge in [0.25, 0.3) is 0 Å². The van der Waals surface area contributed by atoms with Crippen LogP contribution >= 0.6 is 0 Å². The minimum Gasteiger partial charge on any atom is -0.507 e. The lowest BCUT2D eigenvalue weighted by atomic mass is 9.98. The number of piperidine rings is 1. The predicted octanol–water partition coefficient (Wildman–Crippen LogP) is 2.77. The quantitative estimate of drug-likeness (QED) is 0.899. The number of ether oxygens (including phenoxy) is 1. The number of benzene rings is 1. The predicted molar refractivity (Wildman–Crippen MR) is 106 cm³/mol. The lowest BCUT2D eigenvalue weighted by molar-refractivity contribution is -0.0282. The van der Waals surface area contributed by atoms with Crippen molar-refractivity contribution in [2.75, 3.05) is 37.7 Å². The van der Waals surface area contributed by atoms with Crippen molar-refractivity contribution < 1.29 is 9.84 Å². The number of aryl methyl sites for hydroxylation is 2. The standard InChI is InChI=1S/C21H28N4O2/c1-4-24-8-7-19-17(13-24)25(9-10-27-19)20-12-15(3)21(23-22-20)16-6-5-14(2)11-18(16)26/h5-6,11-12,17,19,26H,4,7-10,13H2,1-3H3/t17-,19+/m0/s1. The number of phenolic OH excluding ortho intramolecular Hbond substituents is 1. The molecule has 0 radical (unpaired) electrons. The molecular weight excluding hydrogens is 340 g/mol. The van der Waals surface area contributed by atoms with Crippen LogP contribution < -0.4 is 4.90 Å². The van der Waals surface area contributed by atoms with Gasteiger partial charge in [-0.1, -0.05) is 13.0 Å². The van der Waals surface area contributed by atoms with Gasteiger partial charge in [-0.25, -0.2) is 0 Å². The number of nitrogens with zero attached hydrogens (tertiary/aromatic N) is 4. The van der Waals surface area contributed by atoms with E-state index in [9.17, 15) is 5.11 Å². The number of anilines is 1. The van der Waals surface area contributed by atoms with Gasteiger partial charge in [0.15, 0.2) is 5.82 Å². The Hall–Kier alpha value is -2.18. The van der Waals surface area contributed by atoms with Crippen LogP contribution in [0.25, 0.3) is 11.3 Å². The van der Waals surface area contributed by atoms with Gasteiger partial charge in [-0.3, -0.25) is 0 Å². The van der Waals surface area contributed by atoms with Crippen molar-refractivity contribution in [3.8, 4) is 17.0 Å². The molecule has 0 unspecified atom stereocenters. The smallest absolute Gasteiger partial charge is 0.152 e. The first-order valence-electron chi connectivity index (χ1n) is 9.81. The molecule has 2 aromatic rings. The monoisotopic (exact) mass is 368 g/mol. The number of morpholine rings is 1. The van der Waals surface area contributed by atoms with Gasteiger partial charge in [0.1, 0.15) is 5.75 Å². The summed E-state index contributed by atoms with van der Waals surface area (Å²) in [6.45, 7) is 10.9. The molecule has 4 rings (SSSR count). The highest BCUT2D eigenvalue weighted by Gasteiger charge is 2.37. The van der Waals surface area contributed by atoms with Crippen molar-refractivity contribution in [1.82, 2.24) is 15.1 Å². The van der Waals surface area contributed by atoms with Crippen LogP contribution in [0.4, 0.5) is 5.82 Å². The van der Waals surface area contributed by atoms with Gasteiger partial charge >= 0.3 is 0 Å². The SMILES string of the molecule is CCN1CC[C@H]2OCCN(c3cc(C)c(-c4ccc(C)cc4O)nn3)[C@H]2C1. The summed E-state index contributed by atoms with van der Waals surface area (Å²) in [6.07, 6.45) is 1.33. The van der Waals surface area contributed by atoms with Crippen molar-refractivity contribution in [2.24, 2.45) is 0 Å². The molecule has 2 atom stereocenters. The Labute approximate surface area is 160 Å². The molecule has 6 nitrogen and oxygen atoms in total. The van der Waals surface area contributed by atoms with Crippen molar-refractivity contribution in [3.63, 3.8) is 0 Å². The van der Waals surface area contributed by atoms with E-state index in [2.05, 4.69) is 33.0 Å². The zero-order valence-electron chi connectivity index (χ0n) is 16.4. The molecule has 0 bridgehead atoms.